The van der Waals surface area contributed by atoms with E-state index in [0.717, 1.165) is 0 Å². The predicted molar refractivity (Wildman–Crippen MR) is 123 cm³/mol. The van der Waals surface area contributed by atoms with Crippen molar-refractivity contribution < 1.29 is 0 Å². The highest BCUT2D eigenvalue weighted by atomic mass is 79.9. The third kappa shape index (κ3) is 21.8. The third-order valence-electron chi connectivity index (χ3n) is 4.15. The van der Waals surface area contributed by atoms with E-state index >= 15 is 0 Å². The Labute approximate surface area is 165 Å². The van der Waals surface area contributed by atoms with Crippen molar-refractivity contribution in [3.63, 3.8) is 0 Å². The molecule has 0 fully saturated rings. The summed E-state index contributed by atoms with van der Waals surface area (Å²) in [4.78, 5) is 0. The summed E-state index contributed by atoms with van der Waals surface area (Å²) < 4.78 is 0. The number of hydrogen-bond acceptors (Lipinski definition) is 0. The highest BCUT2D eigenvalue weighted by Crippen LogP contribution is 2.39. The van der Waals surface area contributed by atoms with Crippen molar-refractivity contribution >= 4 is 49.8 Å². The molecule has 0 bridgehead atoms. The molecule has 0 aliphatic rings. The first-order valence-electron chi connectivity index (χ1n) is 9.07. The first-order chi connectivity index (χ1) is 9.70. The highest BCUT2D eigenvalue weighted by Gasteiger charge is 2.05. The molecule has 4 heteroatoms. The molecular formula is C18H42Br2P2. The van der Waals surface area contributed by atoms with Crippen molar-refractivity contribution in [1.82, 2.24) is 0 Å². The molecule has 0 spiro atoms. The number of halogens is 2. The zero-order chi connectivity index (χ0) is 15.1. The summed E-state index contributed by atoms with van der Waals surface area (Å²) in [6.07, 6.45) is 20.7. The van der Waals surface area contributed by atoms with E-state index in [2.05, 4.69) is 27.2 Å². The minimum atomic E-state index is 0. The predicted octanol–water partition coefficient (Wildman–Crippen LogP) is 8.31. The molecule has 138 valence electrons. The van der Waals surface area contributed by atoms with Gasteiger partial charge in [0.15, 0.2) is 0 Å². The second-order valence-electron chi connectivity index (χ2n) is 6.43. The van der Waals surface area contributed by atoms with Crippen LogP contribution in [0.1, 0.15) is 78.1 Å². The quantitative estimate of drug-likeness (QED) is 0.163. The topological polar surface area (TPSA) is 0 Å². The standard InChI is InChI=1S/C18H40P2.2BrH/c1-5-7-9-11-13-15-19(3)17-18-20(4)16-14-12-10-8-6-2;;/h5-18H2,1-4H3;2*1H. The molecule has 22 heavy (non-hydrogen) atoms. The van der Waals surface area contributed by atoms with Crippen LogP contribution in [0.5, 0.6) is 0 Å². The summed E-state index contributed by atoms with van der Waals surface area (Å²) in [6.45, 7) is 9.69. The number of rotatable bonds is 15. The summed E-state index contributed by atoms with van der Waals surface area (Å²) in [5.74, 6) is 0. The number of unbranched alkanes of at least 4 members (excludes halogenated alkanes) is 8. The Morgan fingerprint density at radius 2 is 0.773 bits per heavy atom. The van der Waals surface area contributed by atoms with Gasteiger partial charge in [-0.05, 0) is 50.8 Å². The SMILES string of the molecule is Br.Br.CCCCCCCP(C)CCP(C)CCCCCCC. The lowest BCUT2D eigenvalue weighted by atomic mass is 10.2. The zero-order valence-electron chi connectivity index (χ0n) is 15.6. The van der Waals surface area contributed by atoms with E-state index in [9.17, 15) is 0 Å². The third-order valence-corrected chi connectivity index (χ3v) is 8.64. The van der Waals surface area contributed by atoms with Gasteiger partial charge in [-0.15, -0.1) is 49.8 Å². The van der Waals surface area contributed by atoms with Crippen molar-refractivity contribution in [2.45, 2.75) is 78.1 Å². The van der Waals surface area contributed by atoms with Crippen LogP contribution in [0.25, 0.3) is 0 Å². The van der Waals surface area contributed by atoms with Gasteiger partial charge >= 0.3 is 0 Å². The van der Waals surface area contributed by atoms with E-state index in [0.29, 0.717) is 15.8 Å². The summed E-state index contributed by atoms with van der Waals surface area (Å²) >= 11 is 0. The van der Waals surface area contributed by atoms with Crippen LogP contribution in [0.3, 0.4) is 0 Å². The minimum absolute atomic E-state index is 0. The molecule has 0 aromatic heterocycles. The van der Waals surface area contributed by atoms with Crippen LogP contribution in [0.4, 0.5) is 0 Å². The van der Waals surface area contributed by atoms with Crippen molar-refractivity contribution in [3.8, 4) is 0 Å². The van der Waals surface area contributed by atoms with Crippen molar-refractivity contribution in [3.05, 3.63) is 0 Å². The van der Waals surface area contributed by atoms with Crippen molar-refractivity contribution in [2.75, 3.05) is 38.0 Å². The fourth-order valence-electron chi connectivity index (χ4n) is 2.54. The molecule has 0 aromatic rings. The average molecular weight is 480 g/mol. The van der Waals surface area contributed by atoms with Crippen LogP contribution in [-0.4, -0.2) is 38.0 Å². The Bertz CT molecular complexity index is 172. The highest BCUT2D eigenvalue weighted by molar-refractivity contribution is 8.93. The molecule has 0 aliphatic carbocycles. The van der Waals surface area contributed by atoms with Gasteiger partial charge in [0.25, 0.3) is 0 Å². The molecule has 0 aromatic carbocycles. The van der Waals surface area contributed by atoms with Crippen molar-refractivity contribution in [2.24, 2.45) is 0 Å². The molecule has 0 amide bonds. The molecule has 2 unspecified atom stereocenters. The van der Waals surface area contributed by atoms with Crippen LogP contribution >= 0.6 is 49.8 Å². The normalized spacial score (nSPS) is 13.1. The summed E-state index contributed by atoms with van der Waals surface area (Å²) in [6, 6.07) is 0. The Balaban J connectivity index is -0.00000180. The number of hydrogen-bond donors (Lipinski definition) is 0. The lowest BCUT2D eigenvalue weighted by molar-refractivity contribution is 0.658. The Kier molecular flexibility index (Phi) is 29.7. The molecule has 0 nitrogen and oxygen atoms in total. The zero-order valence-corrected chi connectivity index (χ0v) is 20.8. The summed E-state index contributed by atoms with van der Waals surface area (Å²) in [5, 5.41) is 0. The van der Waals surface area contributed by atoms with Gasteiger partial charge in [0, 0.05) is 0 Å². The maximum atomic E-state index is 2.54. The van der Waals surface area contributed by atoms with E-state index < -0.39 is 0 Å². The molecule has 0 saturated carbocycles. The Morgan fingerprint density at radius 1 is 0.455 bits per heavy atom. The first kappa shape index (κ1) is 28.6. The molecule has 0 heterocycles. The Hall–Kier alpha value is 1.82. The van der Waals surface area contributed by atoms with Crippen LogP contribution < -0.4 is 0 Å². The van der Waals surface area contributed by atoms with Gasteiger partial charge in [-0.1, -0.05) is 65.2 Å². The maximum Gasteiger partial charge on any atom is -0.0289 e. The second kappa shape index (κ2) is 22.8. The van der Waals surface area contributed by atoms with Gasteiger partial charge in [0.05, 0.1) is 0 Å². The molecule has 0 aliphatic heterocycles. The molecular weight excluding hydrogens is 438 g/mol. The van der Waals surface area contributed by atoms with Crippen LogP contribution in [0, 0.1) is 0 Å². The Morgan fingerprint density at radius 3 is 1.09 bits per heavy atom. The fraction of sp³-hybridized carbons (Fsp3) is 1.00. The van der Waals surface area contributed by atoms with Gasteiger partial charge in [0.1, 0.15) is 0 Å². The smallest absolute Gasteiger partial charge is 0.0289 e. The van der Waals surface area contributed by atoms with Crippen molar-refractivity contribution in [1.29, 1.82) is 0 Å². The monoisotopic (exact) mass is 478 g/mol. The van der Waals surface area contributed by atoms with Crippen LogP contribution in [0.2, 0.25) is 0 Å². The van der Waals surface area contributed by atoms with E-state index in [4.69, 9.17) is 0 Å². The summed E-state index contributed by atoms with van der Waals surface area (Å²) in [7, 11) is 0.716. The minimum Gasteiger partial charge on any atom is -0.114 e. The lowest BCUT2D eigenvalue weighted by Gasteiger charge is -2.16. The fourth-order valence-corrected chi connectivity index (χ4v) is 7.24. The van der Waals surface area contributed by atoms with E-state index in [1.807, 2.05) is 0 Å². The summed E-state index contributed by atoms with van der Waals surface area (Å²) in [5.41, 5.74) is 0. The first-order valence-corrected chi connectivity index (χ1v) is 13.4. The van der Waals surface area contributed by atoms with E-state index in [-0.39, 0.29) is 34.0 Å². The van der Waals surface area contributed by atoms with Gasteiger partial charge in [-0.2, -0.15) is 0 Å². The molecule has 0 saturated heterocycles. The molecule has 0 rings (SSSR count). The molecule has 2 atom stereocenters. The van der Waals surface area contributed by atoms with Crippen LogP contribution in [0.15, 0.2) is 0 Å². The van der Waals surface area contributed by atoms with Gasteiger partial charge in [-0.25, -0.2) is 0 Å². The van der Waals surface area contributed by atoms with E-state index in [1.54, 1.807) is 24.6 Å². The largest absolute Gasteiger partial charge is 0.114 e. The molecule has 0 N–H and O–H groups in total. The van der Waals surface area contributed by atoms with Gasteiger partial charge in [-0.3, -0.25) is 0 Å². The van der Waals surface area contributed by atoms with Gasteiger partial charge < -0.3 is 0 Å². The maximum absolute atomic E-state index is 2.54. The van der Waals surface area contributed by atoms with Gasteiger partial charge in [0.2, 0.25) is 0 Å². The van der Waals surface area contributed by atoms with Crippen LogP contribution in [-0.2, 0) is 0 Å². The molecule has 0 radical (unpaired) electrons. The lowest BCUT2D eigenvalue weighted by Crippen LogP contribution is -1.97. The van der Waals surface area contributed by atoms with E-state index in [1.165, 1.54) is 64.2 Å². The second-order valence-corrected chi connectivity index (χ2v) is 11.6. The average Bonchev–Trinajstić information content (AvgIpc) is 2.44.